The summed E-state index contributed by atoms with van der Waals surface area (Å²) in [4.78, 5) is 19.9. The van der Waals surface area contributed by atoms with Gasteiger partial charge in [0.15, 0.2) is 0 Å². The van der Waals surface area contributed by atoms with E-state index in [-0.39, 0.29) is 30.4 Å². The van der Waals surface area contributed by atoms with E-state index in [1.165, 1.54) is 36.8 Å². The number of hydrogen-bond acceptors (Lipinski definition) is 7. The number of aromatic carboxylic acids is 2. The van der Waals surface area contributed by atoms with Crippen LogP contribution in [0.1, 0.15) is 21.1 Å². The fourth-order valence-electron chi connectivity index (χ4n) is 0.800. The third kappa shape index (κ3) is 11.6. The zero-order valence-corrected chi connectivity index (χ0v) is 10.9. The molecule has 0 bridgehead atoms. The third-order valence-corrected chi connectivity index (χ3v) is 1.46. The van der Waals surface area contributed by atoms with Crippen molar-refractivity contribution in [2.75, 3.05) is 0 Å². The molecule has 108 valence electrons. The van der Waals surface area contributed by atoms with Crippen molar-refractivity contribution < 1.29 is 62.6 Å². The van der Waals surface area contributed by atoms with Crippen molar-refractivity contribution >= 4 is 19.3 Å². The van der Waals surface area contributed by atoms with Gasteiger partial charge >= 0.3 is 38.1 Å². The Morgan fingerprint density at radius 1 is 0.952 bits per heavy atom. The molecule has 11 heteroatoms. The van der Waals surface area contributed by atoms with E-state index in [4.69, 9.17) is 25.3 Å². The van der Waals surface area contributed by atoms with Crippen molar-refractivity contribution in [3.8, 4) is 0 Å². The van der Waals surface area contributed by atoms with Gasteiger partial charge in [0.05, 0.1) is 12.5 Å². The monoisotopic (exact) mass is 292 g/mol. The summed E-state index contributed by atoms with van der Waals surface area (Å²) in [6.07, 6.45) is 2.65. The van der Waals surface area contributed by atoms with E-state index in [0.29, 0.717) is 0 Å². The van der Waals surface area contributed by atoms with E-state index in [1.807, 2.05) is 0 Å². The average molecular weight is 292 g/mol. The molecule has 0 saturated heterocycles. The molecule has 0 aliphatic rings. The quantitative estimate of drug-likeness (QED) is 0.407. The largest absolute Gasteiger partial charge is 1.00 e. The molecular formula is C10H10BLiO9. The standard InChI is InChI=1S/2C5H4O3.BH2O3.Li/c2*6-5(7)4-2-1-3-8-4;2-1(3)4;/h2*1-3H,(H,6,7);2-3H;/q;;-1;+1. The number of carboxylic acid groups (broad SMARTS) is 2. The van der Waals surface area contributed by atoms with Gasteiger partial charge in [-0.05, 0) is 24.3 Å². The van der Waals surface area contributed by atoms with Crippen LogP contribution < -0.4 is 23.9 Å². The molecule has 9 nitrogen and oxygen atoms in total. The van der Waals surface area contributed by atoms with E-state index < -0.39 is 19.3 Å². The summed E-state index contributed by atoms with van der Waals surface area (Å²) in [5, 5.41) is 39.1. The van der Waals surface area contributed by atoms with Crippen LogP contribution in [0.5, 0.6) is 0 Å². The van der Waals surface area contributed by atoms with Crippen molar-refractivity contribution in [1.82, 2.24) is 0 Å². The smallest absolute Gasteiger partial charge is 0.832 e. The number of carbonyl (C=O) groups is 2. The molecule has 0 fully saturated rings. The van der Waals surface area contributed by atoms with Gasteiger partial charge in [-0.3, -0.25) is 0 Å². The van der Waals surface area contributed by atoms with Crippen LogP contribution in [-0.2, 0) is 0 Å². The predicted molar refractivity (Wildman–Crippen MR) is 61.5 cm³/mol. The summed E-state index contributed by atoms with van der Waals surface area (Å²) in [7, 11) is -2.42. The molecule has 0 aliphatic heterocycles. The SMILES string of the molecule is O=C(O)c1ccco1.O=C(O)c1ccco1.[Li+].[O-]B(O)O. The zero-order valence-electron chi connectivity index (χ0n) is 10.9. The van der Waals surface area contributed by atoms with Gasteiger partial charge < -0.3 is 34.1 Å². The topological polar surface area (TPSA) is 164 Å². The second kappa shape index (κ2) is 11.8. The molecule has 2 aromatic heterocycles. The Bertz CT molecular complexity index is 448. The molecule has 0 radical (unpaired) electrons. The van der Waals surface area contributed by atoms with Gasteiger partial charge in [0.2, 0.25) is 11.5 Å². The first-order valence-electron chi connectivity index (χ1n) is 4.90. The fraction of sp³-hybridized carbons (Fsp3) is 0. The van der Waals surface area contributed by atoms with Crippen molar-refractivity contribution in [3.05, 3.63) is 48.3 Å². The van der Waals surface area contributed by atoms with Crippen molar-refractivity contribution in [2.24, 2.45) is 0 Å². The van der Waals surface area contributed by atoms with E-state index in [2.05, 4.69) is 8.83 Å². The maximum atomic E-state index is 9.97. The molecule has 4 N–H and O–H groups in total. The Labute approximate surface area is 130 Å². The number of rotatable bonds is 2. The van der Waals surface area contributed by atoms with E-state index in [0.717, 1.165) is 0 Å². The van der Waals surface area contributed by atoms with Crippen LogP contribution in [-0.4, -0.2) is 39.5 Å². The Balaban J connectivity index is 0. The predicted octanol–water partition coefficient (Wildman–Crippen LogP) is -3.72. The molecule has 0 aliphatic carbocycles. The molecule has 0 amide bonds. The van der Waals surface area contributed by atoms with E-state index in [9.17, 15) is 9.59 Å². The van der Waals surface area contributed by atoms with Crippen molar-refractivity contribution in [2.45, 2.75) is 0 Å². The van der Waals surface area contributed by atoms with E-state index in [1.54, 1.807) is 0 Å². The Hall–Kier alpha value is -1.96. The first kappa shape index (κ1) is 21.3. The first-order valence-corrected chi connectivity index (χ1v) is 4.90. The minimum atomic E-state index is -2.42. The van der Waals surface area contributed by atoms with Gasteiger partial charge in [-0.1, -0.05) is 0 Å². The number of hydrogen-bond donors (Lipinski definition) is 4. The van der Waals surface area contributed by atoms with Crippen molar-refractivity contribution in [3.63, 3.8) is 0 Å². The Morgan fingerprint density at radius 2 is 1.24 bits per heavy atom. The van der Waals surface area contributed by atoms with Gasteiger partial charge in [-0.15, -0.1) is 0 Å². The Morgan fingerprint density at radius 3 is 1.33 bits per heavy atom. The van der Waals surface area contributed by atoms with Crippen LogP contribution in [0.25, 0.3) is 0 Å². The minimum absolute atomic E-state index is 0. The van der Waals surface area contributed by atoms with Gasteiger partial charge in [-0.2, -0.15) is 0 Å². The van der Waals surface area contributed by atoms with Crippen LogP contribution in [0, 0.1) is 0 Å². The summed E-state index contributed by atoms with van der Waals surface area (Å²) < 4.78 is 8.99. The van der Waals surface area contributed by atoms with Gasteiger partial charge in [-0.25, -0.2) is 9.59 Å². The summed E-state index contributed by atoms with van der Waals surface area (Å²) in [5.74, 6) is -2.11. The first-order chi connectivity index (χ1) is 9.34. The fourth-order valence-corrected chi connectivity index (χ4v) is 0.800. The molecule has 0 saturated carbocycles. The molecule has 21 heavy (non-hydrogen) atoms. The van der Waals surface area contributed by atoms with Crippen LogP contribution >= 0.6 is 0 Å². The minimum Gasteiger partial charge on any atom is -0.832 e. The second-order valence-corrected chi connectivity index (χ2v) is 2.89. The van der Waals surface area contributed by atoms with Crippen molar-refractivity contribution in [1.29, 1.82) is 0 Å². The maximum absolute atomic E-state index is 9.97. The summed E-state index contributed by atoms with van der Waals surface area (Å²) in [6, 6.07) is 5.84. The maximum Gasteiger partial charge on any atom is 1.00 e. The molecule has 0 atom stereocenters. The summed E-state index contributed by atoms with van der Waals surface area (Å²) in [5.41, 5.74) is 0. The van der Waals surface area contributed by atoms with Crippen LogP contribution in [0.15, 0.2) is 45.6 Å². The van der Waals surface area contributed by atoms with Gasteiger partial charge in [0, 0.05) is 0 Å². The average Bonchev–Trinajstić information content (AvgIpc) is 3.03. The molecule has 0 aromatic carbocycles. The summed E-state index contributed by atoms with van der Waals surface area (Å²) in [6.45, 7) is 0. The molecule has 0 unspecified atom stereocenters. The number of carboxylic acids is 2. The Kier molecular flexibility index (Phi) is 12.0. The van der Waals surface area contributed by atoms with Gasteiger partial charge in [0.1, 0.15) is 0 Å². The molecular weight excluding hydrogens is 282 g/mol. The van der Waals surface area contributed by atoms with Crippen LogP contribution in [0.3, 0.4) is 0 Å². The second-order valence-electron chi connectivity index (χ2n) is 2.89. The molecule has 2 rings (SSSR count). The molecule has 2 aromatic rings. The van der Waals surface area contributed by atoms with Crippen LogP contribution in [0.4, 0.5) is 0 Å². The molecule has 0 spiro atoms. The summed E-state index contributed by atoms with van der Waals surface area (Å²) >= 11 is 0. The van der Waals surface area contributed by atoms with E-state index >= 15 is 0 Å². The van der Waals surface area contributed by atoms with Crippen LogP contribution in [0.2, 0.25) is 0 Å². The number of furan rings is 2. The third-order valence-electron chi connectivity index (χ3n) is 1.46. The zero-order chi connectivity index (χ0) is 15.5. The normalized spacial score (nSPS) is 8.14. The van der Waals surface area contributed by atoms with Gasteiger partial charge in [0.25, 0.3) is 0 Å². The molecule has 2 heterocycles.